The van der Waals surface area contributed by atoms with E-state index in [1.54, 1.807) is 18.2 Å². The van der Waals surface area contributed by atoms with E-state index in [2.05, 4.69) is 15.9 Å². The molecule has 0 amide bonds. The smallest absolute Gasteiger partial charge is 0.273 e. The Balaban J connectivity index is 2.45. The topological polar surface area (TPSA) is 99.0 Å². The van der Waals surface area contributed by atoms with Gasteiger partial charge in [0.05, 0.1) is 21.8 Å². The first kappa shape index (κ1) is 21.4. The number of halogens is 1. The van der Waals surface area contributed by atoms with Crippen molar-refractivity contribution < 1.29 is 9.84 Å². The van der Waals surface area contributed by atoms with Gasteiger partial charge in [-0.05, 0) is 64.7 Å². The van der Waals surface area contributed by atoms with Crippen molar-refractivity contribution in [2.45, 2.75) is 13.8 Å². The predicted molar refractivity (Wildman–Crippen MR) is 119 cm³/mol. The first-order chi connectivity index (χ1) is 14.3. The molecule has 0 saturated carbocycles. The summed E-state index contributed by atoms with van der Waals surface area (Å²) in [6, 6.07) is 12.7. The maximum absolute atomic E-state index is 13.4. The summed E-state index contributed by atoms with van der Waals surface area (Å²) in [5.41, 5.74) is 2.51. The number of para-hydroxylation sites is 1. The molecule has 0 spiro atoms. The van der Waals surface area contributed by atoms with Crippen molar-refractivity contribution in [2.24, 2.45) is 0 Å². The lowest BCUT2D eigenvalue weighted by molar-refractivity contribution is 0.372. The minimum atomic E-state index is -0.335. The highest BCUT2D eigenvalue weighted by Crippen LogP contribution is 2.35. The van der Waals surface area contributed by atoms with Crippen LogP contribution in [-0.2, 0) is 0 Å². The predicted octanol–water partition coefficient (Wildman–Crippen LogP) is 3.02. The average Bonchev–Trinajstić information content (AvgIpc) is 3.01. The van der Waals surface area contributed by atoms with E-state index in [-0.39, 0.29) is 27.3 Å². The molecule has 0 aliphatic rings. The fraction of sp³-hybridized carbons (Fsp3) is 0.136. The van der Waals surface area contributed by atoms with Crippen LogP contribution >= 0.6 is 27.3 Å². The van der Waals surface area contributed by atoms with Gasteiger partial charge in [0, 0.05) is 0 Å². The summed E-state index contributed by atoms with van der Waals surface area (Å²) in [6.07, 6.45) is 1.64. The summed E-state index contributed by atoms with van der Waals surface area (Å²) >= 11 is 4.34. The van der Waals surface area contributed by atoms with Crippen molar-refractivity contribution >= 4 is 38.9 Å². The maximum Gasteiger partial charge on any atom is 0.273 e. The van der Waals surface area contributed by atoms with Crippen molar-refractivity contribution in [3.63, 3.8) is 0 Å². The summed E-state index contributed by atoms with van der Waals surface area (Å²) in [5, 5.41) is 28.9. The monoisotopic (exact) mass is 481 g/mol. The molecule has 1 aromatic heterocycles. The van der Waals surface area contributed by atoms with Crippen LogP contribution in [-0.4, -0.2) is 16.8 Å². The van der Waals surface area contributed by atoms with E-state index < -0.39 is 0 Å². The van der Waals surface area contributed by atoms with Crippen LogP contribution in [0.2, 0.25) is 0 Å². The average molecular weight is 482 g/mol. The lowest BCUT2D eigenvalue weighted by Gasteiger charge is -2.10. The van der Waals surface area contributed by atoms with E-state index in [0.29, 0.717) is 20.3 Å². The molecule has 1 N–H and O–H groups in total. The number of aromatic nitrogens is 1. The van der Waals surface area contributed by atoms with Crippen LogP contribution < -0.4 is 19.5 Å². The minimum Gasteiger partial charge on any atom is -0.503 e. The number of phenolic OH excluding ortho intramolecular Hbond substituents is 1. The molecule has 0 saturated heterocycles. The molecule has 0 unspecified atom stereocenters. The number of nitriles is 2. The van der Waals surface area contributed by atoms with Gasteiger partial charge in [-0.25, -0.2) is 0 Å². The third-order valence-corrected chi connectivity index (χ3v) is 6.19. The fourth-order valence-electron chi connectivity index (χ4n) is 3.12. The Kier molecular flexibility index (Phi) is 6.12. The standard InChI is InChI=1S/C22H16BrN3O3S/c1-12-5-4-6-13(2)19(12)26-21(28)18(30-22(26)15(10-24)11-25)9-14-7-16(23)20(27)17(8-14)29-3/h4-9,27H,1-3H3/b18-9-. The van der Waals surface area contributed by atoms with E-state index >= 15 is 0 Å². The highest BCUT2D eigenvalue weighted by atomic mass is 79.9. The summed E-state index contributed by atoms with van der Waals surface area (Å²) in [7, 11) is 1.43. The number of methoxy groups -OCH3 is 1. The molecule has 0 atom stereocenters. The zero-order valence-electron chi connectivity index (χ0n) is 16.4. The largest absolute Gasteiger partial charge is 0.503 e. The Hall–Kier alpha value is -3.33. The van der Waals surface area contributed by atoms with Crippen molar-refractivity contribution in [3.8, 4) is 29.3 Å². The Morgan fingerprint density at radius 2 is 1.87 bits per heavy atom. The highest BCUT2D eigenvalue weighted by molar-refractivity contribution is 9.10. The Morgan fingerprint density at radius 3 is 2.43 bits per heavy atom. The van der Waals surface area contributed by atoms with Crippen LogP contribution in [0.3, 0.4) is 0 Å². The van der Waals surface area contributed by atoms with Gasteiger partial charge in [-0.2, -0.15) is 10.5 Å². The third-order valence-electron chi connectivity index (χ3n) is 4.49. The number of aryl methyl sites for hydroxylation is 2. The maximum atomic E-state index is 13.4. The number of phenols is 1. The zero-order valence-corrected chi connectivity index (χ0v) is 18.8. The van der Waals surface area contributed by atoms with Crippen molar-refractivity contribution in [3.05, 3.63) is 71.0 Å². The van der Waals surface area contributed by atoms with Crippen LogP contribution in [0.5, 0.6) is 11.5 Å². The third kappa shape index (κ3) is 3.76. The summed E-state index contributed by atoms with van der Waals surface area (Å²) in [5.74, 6) is 0.211. The van der Waals surface area contributed by atoms with Crippen LogP contribution in [0.25, 0.3) is 17.3 Å². The van der Waals surface area contributed by atoms with Crippen molar-refractivity contribution in [2.75, 3.05) is 7.11 Å². The van der Waals surface area contributed by atoms with Gasteiger partial charge in [-0.3, -0.25) is 9.36 Å². The number of aromatic hydroxyl groups is 1. The molecule has 8 heteroatoms. The van der Waals surface area contributed by atoms with Crippen LogP contribution in [0, 0.1) is 36.5 Å². The molecular weight excluding hydrogens is 466 g/mol. The molecule has 3 aromatic rings. The number of thiazole rings is 1. The molecule has 1 heterocycles. The summed E-state index contributed by atoms with van der Waals surface area (Å²) < 4.78 is 7.63. The van der Waals surface area contributed by atoms with E-state index in [4.69, 9.17) is 4.74 Å². The molecule has 6 nitrogen and oxygen atoms in total. The van der Waals surface area contributed by atoms with E-state index in [0.717, 1.165) is 22.5 Å². The van der Waals surface area contributed by atoms with Gasteiger partial charge in [-0.1, -0.05) is 18.2 Å². The number of rotatable bonds is 3. The number of hydrogen-bond donors (Lipinski definition) is 1. The molecule has 2 aromatic carbocycles. The molecule has 150 valence electrons. The molecule has 0 bridgehead atoms. The van der Waals surface area contributed by atoms with E-state index in [1.165, 1.54) is 11.7 Å². The van der Waals surface area contributed by atoms with Crippen molar-refractivity contribution in [1.82, 2.24) is 4.57 Å². The second-order valence-electron chi connectivity index (χ2n) is 6.45. The van der Waals surface area contributed by atoms with Crippen LogP contribution in [0.15, 0.2) is 39.6 Å². The quantitative estimate of drug-likeness (QED) is 0.619. The van der Waals surface area contributed by atoms with Gasteiger partial charge < -0.3 is 9.84 Å². The first-order valence-corrected chi connectivity index (χ1v) is 10.3. The second-order valence-corrected chi connectivity index (χ2v) is 8.33. The van der Waals surface area contributed by atoms with Gasteiger partial charge in [0.25, 0.3) is 5.56 Å². The molecule has 30 heavy (non-hydrogen) atoms. The Bertz CT molecular complexity index is 1390. The molecule has 0 aliphatic carbocycles. The number of benzene rings is 2. The molecule has 0 aliphatic heterocycles. The minimum absolute atomic E-state index is 0.0426. The Morgan fingerprint density at radius 1 is 1.23 bits per heavy atom. The first-order valence-electron chi connectivity index (χ1n) is 8.73. The lowest BCUT2D eigenvalue weighted by atomic mass is 10.1. The SMILES string of the molecule is COc1cc(/C=c2\sc(=C(C#N)C#N)n(-c3c(C)cccc3C)c2=O)cc(Br)c1O. The van der Waals surface area contributed by atoms with Crippen LogP contribution in [0.1, 0.15) is 16.7 Å². The molecule has 0 radical (unpaired) electrons. The van der Waals surface area contributed by atoms with E-state index in [1.807, 2.05) is 44.2 Å². The number of nitrogens with zero attached hydrogens (tertiary/aromatic N) is 3. The fourth-order valence-corrected chi connectivity index (χ4v) is 4.62. The van der Waals surface area contributed by atoms with E-state index in [9.17, 15) is 20.4 Å². The lowest BCUT2D eigenvalue weighted by Crippen LogP contribution is -2.31. The molecule has 0 fully saturated rings. The molecule has 3 rings (SSSR count). The summed E-state index contributed by atoms with van der Waals surface area (Å²) in [6.45, 7) is 3.75. The van der Waals surface area contributed by atoms with Gasteiger partial charge in [-0.15, -0.1) is 11.3 Å². The zero-order chi connectivity index (χ0) is 22.0. The normalized spacial score (nSPS) is 11.1. The molecular formula is C22H16BrN3O3S. The van der Waals surface area contributed by atoms with Gasteiger partial charge >= 0.3 is 0 Å². The highest BCUT2D eigenvalue weighted by Gasteiger charge is 2.15. The number of ether oxygens (including phenoxy) is 1. The number of hydrogen-bond acceptors (Lipinski definition) is 6. The summed E-state index contributed by atoms with van der Waals surface area (Å²) in [4.78, 5) is 13.4. The van der Waals surface area contributed by atoms with Crippen LogP contribution in [0.4, 0.5) is 0 Å². The van der Waals surface area contributed by atoms with Gasteiger partial charge in [0.15, 0.2) is 17.1 Å². The van der Waals surface area contributed by atoms with Gasteiger partial charge in [0.2, 0.25) is 0 Å². The van der Waals surface area contributed by atoms with Crippen molar-refractivity contribution in [1.29, 1.82) is 10.5 Å². The second kappa shape index (κ2) is 8.58. The van der Waals surface area contributed by atoms with Gasteiger partial charge in [0.1, 0.15) is 16.8 Å². The Labute approximate surface area is 185 Å².